The monoisotopic (exact) mass is 566 g/mol. The van der Waals surface area contributed by atoms with E-state index in [4.69, 9.17) is 9.47 Å². The summed E-state index contributed by atoms with van der Waals surface area (Å²) < 4.78 is 28.7. The van der Waals surface area contributed by atoms with Crippen LogP contribution < -0.4 is 10.3 Å². The maximum Gasteiger partial charge on any atom is 0.410 e. The van der Waals surface area contributed by atoms with Gasteiger partial charge in [-0.3, -0.25) is 14.4 Å². The van der Waals surface area contributed by atoms with E-state index >= 15 is 4.39 Å². The lowest BCUT2D eigenvalue weighted by molar-refractivity contribution is 0.0694. The van der Waals surface area contributed by atoms with E-state index in [0.717, 1.165) is 12.1 Å². The molecule has 13 heteroatoms. The number of fused-ring (bicyclic) bond motifs is 2. The minimum atomic E-state index is -1.38. The van der Waals surface area contributed by atoms with Gasteiger partial charge in [-0.05, 0) is 19.1 Å². The van der Waals surface area contributed by atoms with Crippen molar-refractivity contribution in [1.82, 2.24) is 14.0 Å². The SMILES string of the molecule is CCn1cc(C(=O)O)c(=O)c2cc(F)c(N3CCN(C(=O)OCc4cn(C)c5c4C(=O)C(OC)=CC5=O)CC3)cc21. The highest BCUT2D eigenvalue weighted by Gasteiger charge is 2.33. The zero-order chi connectivity index (χ0) is 29.6. The maximum atomic E-state index is 15.2. The van der Waals surface area contributed by atoms with Gasteiger partial charge in [0.25, 0.3) is 0 Å². The molecule has 1 saturated heterocycles. The highest BCUT2D eigenvalue weighted by Crippen LogP contribution is 2.28. The van der Waals surface area contributed by atoms with E-state index in [-0.39, 0.29) is 66.7 Å². The van der Waals surface area contributed by atoms with Crippen molar-refractivity contribution in [2.75, 3.05) is 38.2 Å². The summed E-state index contributed by atoms with van der Waals surface area (Å²) >= 11 is 0. The van der Waals surface area contributed by atoms with Crippen LogP contribution in [0.3, 0.4) is 0 Å². The third kappa shape index (κ3) is 4.72. The molecular formula is C28H27FN4O8. The molecule has 3 aromatic rings. The minimum Gasteiger partial charge on any atom is -0.492 e. The average Bonchev–Trinajstić information content (AvgIpc) is 3.30. The fourth-order valence-corrected chi connectivity index (χ4v) is 5.30. The van der Waals surface area contributed by atoms with Crippen LogP contribution in [0.2, 0.25) is 0 Å². The Kier molecular flexibility index (Phi) is 7.11. The van der Waals surface area contributed by atoms with E-state index in [0.29, 0.717) is 17.6 Å². The Hall–Kier alpha value is -4.94. The molecular weight excluding hydrogens is 539 g/mol. The number of ether oxygens (including phenoxy) is 2. The van der Waals surface area contributed by atoms with Gasteiger partial charge in [-0.2, -0.15) is 0 Å². The van der Waals surface area contributed by atoms with Gasteiger partial charge in [0.1, 0.15) is 23.7 Å². The minimum absolute atomic E-state index is 0.0217. The van der Waals surface area contributed by atoms with Crippen LogP contribution in [0.4, 0.5) is 14.9 Å². The highest BCUT2D eigenvalue weighted by atomic mass is 19.1. The predicted molar refractivity (Wildman–Crippen MR) is 144 cm³/mol. The molecule has 0 radical (unpaired) electrons. The van der Waals surface area contributed by atoms with Gasteiger partial charge in [0, 0.05) is 69.2 Å². The number of carboxylic acids is 1. The van der Waals surface area contributed by atoms with Gasteiger partial charge >= 0.3 is 12.1 Å². The molecule has 41 heavy (non-hydrogen) atoms. The van der Waals surface area contributed by atoms with Crippen LogP contribution in [0.1, 0.15) is 43.7 Å². The van der Waals surface area contributed by atoms with Gasteiger partial charge in [-0.15, -0.1) is 0 Å². The number of aryl methyl sites for hydroxylation is 2. The van der Waals surface area contributed by atoms with Gasteiger partial charge in [-0.1, -0.05) is 0 Å². The van der Waals surface area contributed by atoms with Gasteiger partial charge in [0.05, 0.1) is 23.9 Å². The highest BCUT2D eigenvalue weighted by molar-refractivity contribution is 6.23. The second kappa shape index (κ2) is 10.6. The molecule has 214 valence electrons. The first-order chi connectivity index (χ1) is 19.5. The Labute approximate surface area is 232 Å². The Morgan fingerprint density at radius 1 is 1.07 bits per heavy atom. The van der Waals surface area contributed by atoms with Crippen LogP contribution >= 0.6 is 0 Å². The molecule has 5 rings (SSSR count). The van der Waals surface area contributed by atoms with E-state index in [9.17, 15) is 29.1 Å². The van der Waals surface area contributed by atoms with Gasteiger partial charge < -0.3 is 33.5 Å². The molecule has 0 spiro atoms. The molecule has 12 nitrogen and oxygen atoms in total. The number of methoxy groups -OCH3 is 1. The van der Waals surface area contributed by atoms with Crippen molar-refractivity contribution >= 4 is 40.2 Å². The van der Waals surface area contributed by atoms with Crippen molar-refractivity contribution in [2.45, 2.75) is 20.1 Å². The largest absolute Gasteiger partial charge is 0.492 e. The lowest BCUT2D eigenvalue weighted by atomic mass is 9.97. The van der Waals surface area contributed by atoms with E-state index in [1.807, 2.05) is 0 Å². The fraction of sp³-hybridized carbons (Fsp3) is 0.321. The number of nitrogens with zero attached hydrogens (tertiary/aromatic N) is 4. The number of hydrogen-bond acceptors (Lipinski definition) is 8. The first-order valence-corrected chi connectivity index (χ1v) is 12.8. The summed E-state index contributed by atoms with van der Waals surface area (Å²) in [5.74, 6) is -2.99. The number of aromatic carboxylic acids is 1. The second-order valence-electron chi connectivity index (χ2n) is 9.71. The number of rotatable bonds is 6. The number of benzene rings is 1. The molecule has 1 aliphatic heterocycles. The molecule has 1 amide bonds. The number of ketones is 2. The molecule has 1 N–H and O–H groups in total. The van der Waals surface area contributed by atoms with Crippen LogP contribution in [0.5, 0.6) is 0 Å². The van der Waals surface area contributed by atoms with Crippen molar-refractivity contribution in [3.05, 3.63) is 74.8 Å². The topological polar surface area (TPSA) is 140 Å². The number of carboxylic acid groups (broad SMARTS) is 1. The summed E-state index contributed by atoms with van der Waals surface area (Å²) in [5, 5.41) is 9.33. The summed E-state index contributed by atoms with van der Waals surface area (Å²) in [6.45, 7) is 2.91. The predicted octanol–water partition coefficient (Wildman–Crippen LogP) is 2.57. The van der Waals surface area contributed by atoms with Crippen molar-refractivity contribution < 1.29 is 38.1 Å². The molecule has 2 aliphatic rings. The Bertz CT molecular complexity index is 1710. The quantitative estimate of drug-likeness (QED) is 0.477. The van der Waals surface area contributed by atoms with E-state index in [1.165, 1.54) is 28.8 Å². The first-order valence-electron chi connectivity index (χ1n) is 12.8. The zero-order valence-corrected chi connectivity index (χ0v) is 22.6. The van der Waals surface area contributed by atoms with Crippen LogP contribution in [-0.2, 0) is 29.7 Å². The second-order valence-corrected chi connectivity index (χ2v) is 9.71. The van der Waals surface area contributed by atoms with Gasteiger partial charge in [0.15, 0.2) is 5.76 Å². The molecule has 0 atom stereocenters. The van der Waals surface area contributed by atoms with Crippen molar-refractivity contribution in [3.8, 4) is 0 Å². The summed E-state index contributed by atoms with van der Waals surface area (Å²) in [4.78, 5) is 65.3. The molecule has 0 saturated carbocycles. The van der Waals surface area contributed by atoms with Crippen molar-refractivity contribution in [2.24, 2.45) is 7.05 Å². The number of piperazine rings is 1. The molecule has 0 unspecified atom stereocenters. The lowest BCUT2D eigenvalue weighted by Gasteiger charge is -2.35. The Morgan fingerprint density at radius 3 is 2.41 bits per heavy atom. The number of aromatic nitrogens is 2. The van der Waals surface area contributed by atoms with Crippen LogP contribution in [-0.4, -0.2) is 76.1 Å². The van der Waals surface area contributed by atoms with Crippen LogP contribution in [0, 0.1) is 5.82 Å². The summed E-state index contributed by atoms with van der Waals surface area (Å²) in [6.07, 6.45) is 3.32. The molecule has 2 aromatic heterocycles. The molecule has 1 aliphatic carbocycles. The number of pyridine rings is 1. The average molecular weight is 567 g/mol. The van der Waals surface area contributed by atoms with Crippen molar-refractivity contribution in [3.63, 3.8) is 0 Å². The summed E-state index contributed by atoms with van der Waals surface area (Å²) in [5.41, 5.74) is 0.170. The smallest absolute Gasteiger partial charge is 0.410 e. The van der Waals surface area contributed by atoms with Gasteiger partial charge in [-0.25, -0.2) is 14.0 Å². The number of anilines is 1. The lowest BCUT2D eigenvalue weighted by Crippen LogP contribution is -2.49. The van der Waals surface area contributed by atoms with Crippen LogP contribution in [0.15, 0.2) is 41.2 Å². The number of halogens is 1. The van der Waals surface area contributed by atoms with Crippen molar-refractivity contribution in [1.29, 1.82) is 0 Å². The third-order valence-electron chi connectivity index (χ3n) is 7.38. The molecule has 3 heterocycles. The van der Waals surface area contributed by atoms with Crippen LogP contribution in [0.25, 0.3) is 10.9 Å². The molecule has 0 bridgehead atoms. The molecule has 1 fully saturated rings. The Balaban J connectivity index is 1.29. The molecule has 1 aromatic carbocycles. The summed E-state index contributed by atoms with van der Waals surface area (Å²) in [6, 6.07) is 2.58. The van der Waals surface area contributed by atoms with Gasteiger partial charge in [0.2, 0.25) is 17.0 Å². The van der Waals surface area contributed by atoms with E-state index < -0.39 is 34.7 Å². The third-order valence-corrected chi connectivity index (χ3v) is 7.38. The number of allylic oxidation sites excluding steroid dienone is 2. The summed E-state index contributed by atoms with van der Waals surface area (Å²) in [7, 11) is 2.92. The fourth-order valence-electron chi connectivity index (χ4n) is 5.30. The Morgan fingerprint density at radius 2 is 1.78 bits per heavy atom. The number of carbonyl (C=O) groups is 4. The number of amides is 1. The number of hydrogen-bond donors (Lipinski definition) is 1. The maximum absolute atomic E-state index is 15.2. The van der Waals surface area contributed by atoms with E-state index in [1.54, 1.807) is 29.6 Å². The number of Topliss-reactive ketones (excluding diaryl/α,β-unsaturated/α-hetero) is 1. The normalized spacial score (nSPS) is 15.2. The zero-order valence-electron chi connectivity index (χ0n) is 22.6. The first kappa shape index (κ1) is 27.6. The van der Waals surface area contributed by atoms with E-state index in [2.05, 4.69) is 0 Å². The standard InChI is InChI=1S/C28H27FN4O8/c1-4-31-13-17(27(37)38)25(35)16-9-18(29)20(10-19(16)31)32-5-7-33(8-6-32)28(39)41-14-15-12-30(2)24-21(34)11-22(40-3)26(36)23(15)24/h9-13H,4-8,14H2,1-3H3,(H,37,38). The number of carbonyl (C=O) groups excluding carboxylic acids is 3.